The second kappa shape index (κ2) is 12.5. The molecule has 1 heterocycles. The summed E-state index contributed by atoms with van der Waals surface area (Å²) in [6.07, 6.45) is 12.7. The molecule has 1 spiro atoms. The number of carbonyl (C=O) groups excluding carboxylic acids is 2. The van der Waals surface area contributed by atoms with Crippen molar-refractivity contribution in [1.29, 1.82) is 0 Å². The molecule has 5 aliphatic rings. The number of hydrogen-bond acceptors (Lipinski definition) is 6. The van der Waals surface area contributed by atoms with Gasteiger partial charge in [-0.3, -0.25) is 0 Å². The van der Waals surface area contributed by atoms with E-state index in [1.807, 2.05) is 44.2 Å². The summed E-state index contributed by atoms with van der Waals surface area (Å²) in [6, 6.07) is 9.53. The van der Waals surface area contributed by atoms with Crippen LogP contribution in [0.4, 0.5) is 0 Å². The molecule has 1 aromatic rings. The molecule has 0 aromatic heterocycles. The molecule has 3 unspecified atom stereocenters. The van der Waals surface area contributed by atoms with Crippen LogP contribution in [0.2, 0.25) is 0 Å². The summed E-state index contributed by atoms with van der Waals surface area (Å²) in [5.74, 6) is 2.25. The van der Waals surface area contributed by atoms with Crippen molar-refractivity contribution in [1.82, 2.24) is 0 Å². The predicted molar refractivity (Wildman–Crippen MR) is 170 cm³/mol. The van der Waals surface area contributed by atoms with Crippen molar-refractivity contribution in [3.63, 3.8) is 0 Å². The molecule has 0 amide bonds. The number of rotatable bonds is 8. The van der Waals surface area contributed by atoms with Gasteiger partial charge in [0.1, 0.15) is 6.10 Å². The standard InChI is InChI=1S/C38H54O6/c1-6-41-34(39)26(3)12-10-11-25(2)29-15-16-30-33-31(17-18-37(29,30)5)36(4)19-20-38(42-21-22-43-38)24-28(36)23-32(33)44-35(40)27-13-8-7-9-14-27/h7-9,12-14,25,28-33H,6,10-11,15-24H2,1-5H3/b26-12+/t25-,28+,29-,30?,31?,32-,33?,36+,37-/m1/s1. The Hall–Kier alpha value is -2.18. The second-order valence-electron chi connectivity index (χ2n) is 15.2. The van der Waals surface area contributed by atoms with Crippen LogP contribution in [0.1, 0.15) is 109 Å². The van der Waals surface area contributed by atoms with E-state index < -0.39 is 5.79 Å². The number of fused-ring (bicyclic) bond motifs is 5. The summed E-state index contributed by atoms with van der Waals surface area (Å²) in [6.45, 7) is 13.0. The van der Waals surface area contributed by atoms with Crippen LogP contribution in [-0.2, 0) is 23.7 Å². The van der Waals surface area contributed by atoms with Gasteiger partial charge in [0.2, 0.25) is 0 Å². The van der Waals surface area contributed by atoms with Gasteiger partial charge in [0.05, 0.1) is 25.4 Å². The largest absolute Gasteiger partial charge is 0.463 e. The molecular weight excluding hydrogens is 552 g/mol. The molecule has 6 nitrogen and oxygen atoms in total. The van der Waals surface area contributed by atoms with E-state index in [4.69, 9.17) is 18.9 Å². The fraction of sp³-hybridized carbons (Fsp3) is 0.737. The van der Waals surface area contributed by atoms with Crippen LogP contribution in [-0.4, -0.2) is 43.7 Å². The van der Waals surface area contributed by atoms with Crippen molar-refractivity contribution in [2.24, 2.45) is 46.3 Å². The summed E-state index contributed by atoms with van der Waals surface area (Å²) < 4.78 is 24.3. The van der Waals surface area contributed by atoms with E-state index >= 15 is 0 Å². The highest BCUT2D eigenvalue weighted by Gasteiger charge is 2.65. The average Bonchev–Trinajstić information content (AvgIpc) is 3.62. The molecule has 242 valence electrons. The monoisotopic (exact) mass is 606 g/mol. The maximum absolute atomic E-state index is 13.6. The van der Waals surface area contributed by atoms with E-state index in [1.54, 1.807) is 0 Å². The minimum absolute atomic E-state index is 0.0869. The Labute approximate surface area is 264 Å². The number of benzene rings is 1. The smallest absolute Gasteiger partial charge is 0.338 e. The van der Waals surface area contributed by atoms with Gasteiger partial charge in [0.15, 0.2) is 5.79 Å². The van der Waals surface area contributed by atoms with Crippen molar-refractivity contribution in [3.8, 4) is 0 Å². The zero-order valence-corrected chi connectivity index (χ0v) is 27.6. The Bertz CT molecular complexity index is 1220. The van der Waals surface area contributed by atoms with E-state index in [0.29, 0.717) is 66.5 Å². The topological polar surface area (TPSA) is 71.1 Å². The highest BCUT2D eigenvalue weighted by atomic mass is 16.7. The molecule has 6 heteroatoms. The van der Waals surface area contributed by atoms with Crippen molar-refractivity contribution in [3.05, 3.63) is 47.5 Å². The van der Waals surface area contributed by atoms with Gasteiger partial charge in [-0.15, -0.1) is 0 Å². The lowest BCUT2D eigenvalue weighted by atomic mass is 9.43. The normalized spacial score (nSPS) is 38.3. The fourth-order valence-electron chi connectivity index (χ4n) is 10.9. The van der Waals surface area contributed by atoms with Gasteiger partial charge in [-0.2, -0.15) is 0 Å². The van der Waals surface area contributed by atoms with Gasteiger partial charge in [0, 0.05) is 24.3 Å². The van der Waals surface area contributed by atoms with E-state index in [0.717, 1.165) is 38.5 Å². The molecule has 6 rings (SSSR count). The van der Waals surface area contributed by atoms with Gasteiger partial charge >= 0.3 is 11.9 Å². The van der Waals surface area contributed by atoms with Crippen LogP contribution >= 0.6 is 0 Å². The summed E-state index contributed by atoms with van der Waals surface area (Å²) in [5, 5.41) is 0. The number of allylic oxidation sites excluding steroid dienone is 1. The lowest BCUT2D eigenvalue weighted by Gasteiger charge is -2.63. The number of carbonyl (C=O) groups is 2. The molecule has 5 fully saturated rings. The molecule has 9 atom stereocenters. The van der Waals surface area contributed by atoms with E-state index in [9.17, 15) is 9.59 Å². The second-order valence-corrected chi connectivity index (χ2v) is 15.2. The molecule has 0 radical (unpaired) electrons. The Morgan fingerprint density at radius 1 is 1.00 bits per heavy atom. The van der Waals surface area contributed by atoms with Crippen LogP contribution in [0, 0.1) is 46.3 Å². The summed E-state index contributed by atoms with van der Waals surface area (Å²) in [5.41, 5.74) is 1.80. The molecule has 1 aromatic carbocycles. The summed E-state index contributed by atoms with van der Waals surface area (Å²) in [4.78, 5) is 25.7. The molecular formula is C38H54O6. The maximum atomic E-state index is 13.6. The molecule has 4 saturated carbocycles. The first-order valence-electron chi connectivity index (χ1n) is 17.5. The van der Waals surface area contributed by atoms with Crippen molar-refractivity contribution < 1.29 is 28.5 Å². The first-order valence-corrected chi connectivity index (χ1v) is 17.5. The minimum Gasteiger partial charge on any atom is -0.463 e. The Morgan fingerprint density at radius 2 is 1.73 bits per heavy atom. The van der Waals surface area contributed by atoms with Gasteiger partial charge in [-0.25, -0.2) is 9.59 Å². The molecule has 4 aliphatic carbocycles. The Morgan fingerprint density at radius 3 is 2.45 bits per heavy atom. The lowest BCUT2D eigenvalue weighted by molar-refractivity contribution is -0.242. The summed E-state index contributed by atoms with van der Waals surface area (Å²) in [7, 11) is 0. The van der Waals surface area contributed by atoms with Crippen LogP contribution in [0.3, 0.4) is 0 Å². The number of esters is 2. The summed E-state index contributed by atoms with van der Waals surface area (Å²) >= 11 is 0. The van der Waals surface area contributed by atoms with E-state index in [-0.39, 0.29) is 28.9 Å². The van der Waals surface area contributed by atoms with Crippen LogP contribution in [0.15, 0.2) is 42.0 Å². The van der Waals surface area contributed by atoms with Crippen molar-refractivity contribution >= 4 is 11.9 Å². The van der Waals surface area contributed by atoms with E-state index in [1.165, 1.54) is 25.7 Å². The number of hydrogen-bond donors (Lipinski definition) is 0. The molecule has 1 saturated heterocycles. The van der Waals surface area contributed by atoms with Gasteiger partial charge in [-0.1, -0.05) is 45.0 Å². The van der Waals surface area contributed by atoms with Crippen LogP contribution in [0.25, 0.3) is 0 Å². The van der Waals surface area contributed by atoms with E-state index in [2.05, 4.69) is 26.8 Å². The SMILES string of the molecule is CCOC(=O)/C(C)=C/CC[C@@H](C)[C@H]1CCC2C3C(CC[C@@]21C)[C@@]1(C)CCC2(C[C@@H]1C[C@H]3OC(=O)c1ccccc1)OCCO2. The molecule has 1 aliphatic heterocycles. The Balaban J connectivity index is 1.24. The van der Waals surface area contributed by atoms with Gasteiger partial charge < -0.3 is 18.9 Å². The highest BCUT2D eigenvalue weighted by molar-refractivity contribution is 5.89. The first kappa shape index (κ1) is 31.8. The van der Waals surface area contributed by atoms with Crippen LogP contribution < -0.4 is 0 Å². The zero-order valence-electron chi connectivity index (χ0n) is 27.6. The van der Waals surface area contributed by atoms with Crippen LogP contribution in [0.5, 0.6) is 0 Å². The minimum atomic E-state index is -0.442. The quantitative estimate of drug-likeness (QED) is 0.220. The third kappa shape index (κ3) is 5.68. The van der Waals surface area contributed by atoms with Gasteiger partial charge in [-0.05, 0) is 118 Å². The lowest BCUT2D eigenvalue weighted by Crippen LogP contribution is -2.60. The predicted octanol–water partition coefficient (Wildman–Crippen LogP) is 8.15. The fourth-order valence-corrected chi connectivity index (χ4v) is 10.9. The third-order valence-corrected chi connectivity index (χ3v) is 13.2. The third-order valence-electron chi connectivity index (χ3n) is 13.2. The number of ether oxygens (including phenoxy) is 4. The molecule has 0 N–H and O–H groups in total. The van der Waals surface area contributed by atoms with Crippen molar-refractivity contribution in [2.45, 2.75) is 111 Å². The average molecular weight is 607 g/mol. The zero-order chi connectivity index (χ0) is 31.1. The van der Waals surface area contributed by atoms with Gasteiger partial charge in [0.25, 0.3) is 0 Å². The first-order chi connectivity index (χ1) is 21.1. The maximum Gasteiger partial charge on any atom is 0.338 e. The highest BCUT2D eigenvalue weighted by Crippen LogP contribution is 2.69. The van der Waals surface area contributed by atoms with Crippen molar-refractivity contribution in [2.75, 3.05) is 19.8 Å². The molecule has 44 heavy (non-hydrogen) atoms. The Kier molecular flexibility index (Phi) is 9.07. The molecule has 0 bridgehead atoms.